The summed E-state index contributed by atoms with van der Waals surface area (Å²) in [7, 11) is 0. The SMILES string of the molecule is CC1CNCC1C(=O)NCc1ncc[nH]1. The van der Waals surface area contributed by atoms with Crippen LogP contribution in [-0.2, 0) is 11.3 Å². The number of nitrogens with one attached hydrogen (secondary N) is 3. The fraction of sp³-hybridized carbons (Fsp3) is 0.600. The zero-order valence-corrected chi connectivity index (χ0v) is 8.79. The van der Waals surface area contributed by atoms with Crippen molar-refractivity contribution < 1.29 is 4.79 Å². The Morgan fingerprint density at radius 3 is 3.13 bits per heavy atom. The number of imidazole rings is 1. The molecule has 2 unspecified atom stereocenters. The van der Waals surface area contributed by atoms with Crippen molar-refractivity contribution in [2.75, 3.05) is 13.1 Å². The summed E-state index contributed by atoms with van der Waals surface area (Å²) >= 11 is 0. The number of H-pyrrole nitrogens is 1. The van der Waals surface area contributed by atoms with Crippen molar-refractivity contribution in [1.29, 1.82) is 0 Å². The number of carbonyl (C=O) groups excluding carboxylic acids is 1. The Balaban J connectivity index is 1.82. The molecule has 1 aromatic heterocycles. The van der Waals surface area contributed by atoms with Crippen molar-refractivity contribution in [3.8, 4) is 0 Å². The van der Waals surface area contributed by atoms with Crippen molar-refractivity contribution in [2.24, 2.45) is 11.8 Å². The van der Waals surface area contributed by atoms with Crippen LogP contribution in [-0.4, -0.2) is 29.0 Å². The minimum atomic E-state index is 0.0972. The van der Waals surface area contributed by atoms with Gasteiger partial charge < -0.3 is 15.6 Å². The van der Waals surface area contributed by atoms with Crippen molar-refractivity contribution in [3.63, 3.8) is 0 Å². The van der Waals surface area contributed by atoms with Crippen molar-refractivity contribution in [1.82, 2.24) is 20.6 Å². The fourth-order valence-electron chi connectivity index (χ4n) is 1.86. The second kappa shape index (κ2) is 4.44. The molecule has 1 amide bonds. The summed E-state index contributed by atoms with van der Waals surface area (Å²) in [5, 5.41) is 6.10. The van der Waals surface area contributed by atoms with Crippen molar-refractivity contribution in [2.45, 2.75) is 13.5 Å². The van der Waals surface area contributed by atoms with Gasteiger partial charge in [0.2, 0.25) is 5.91 Å². The molecule has 0 saturated carbocycles. The molecule has 0 spiro atoms. The van der Waals surface area contributed by atoms with Crippen LogP contribution >= 0.6 is 0 Å². The zero-order chi connectivity index (χ0) is 10.7. The van der Waals surface area contributed by atoms with E-state index in [2.05, 4.69) is 27.5 Å². The maximum Gasteiger partial charge on any atom is 0.225 e. The number of nitrogens with zero attached hydrogens (tertiary/aromatic N) is 1. The Kier molecular flexibility index (Phi) is 3.01. The maximum atomic E-state index is 11.8. The fourth-order valence-corrected chi connectivity index (χ4v) is 1.86. The third kappa shape index (κ3) is 2.36. The molecule has 0 aromatic carbocycles. The Bertz CT molecular complexity index is 322. The third-order valence-electron chi connectivity index (χ3n) is 2.84. The molecular formula is C10H16N4O. The minimum Gasteiger partial charge on any atom is -0.349 e. The number of aromatic amines is 1. The summed E-state index contributed by atoms with van der Waals surface area (Å²) in [5.74, 6) is 1.42. The molecule has 3 N–H and O–H groups in total. The Hall–Kier alpha value is -1.36. The monoisotopic (exact) mass is 208 g/mol. The van der Waals surface area contributed by atoms with E-state index in [1.165, 1.54) is 0 Å². The molecule has 0 aliphatic carbocycles. The van der Waals surface area contributed by atoms with Gasteiger partial charge in [-0.15, -0.1) is 0 Å². The molecule has 15 heavy (non-hydrogen) atoms. The number of hydrogen-bond donors (Lipinski definition) is 3. The molecule has 1 aliphatic heterocycles. The Morgan fingerprint density at radius 2 is 2.53 bits per heavy atom. The van der Waals surface area contributed by atoms with Crippen LogP contribution in [0.1, 0.15) is 12.7 Å². The zero-order valence-electron chi connectivity index (χ0n) is 8.79. The highest BCUT2D eigenvalue weighted by Crippen LogP contribution is 2.15. The first-order valence-corrected chi connectivity index (χ1v) is 5.24. The van der Waals surface area contributed by atoms with Gasteiger partial charge in [-0.1, -0.05) is 6.92 Å². The molecule has 1 aliphatic rings. The normalized spacial score (nSPS) is 25.4. The summed E-state index contributed by atoms with van der Waals surface area (Å²) in [6, 6.07) is 0. The average molecular weight is 208 g/mol. The molecule has 2 atom stereocenters. The highest BCUT2D eigenvalue weighted by atomic mass is 16.1. The standard InChI is InChI=1S/C10H16N4O/c1-7-4-11-5-8(7)10(15)14-6-9-12-2-3-13-9/h2-3,7-8,11H,4-6H2,1H3,(H,12,13)(H,14,15). The predicted molar refractivity (Wildman–Crippen MR) is 56.0 cm³/mol. The Morgan fingerprint density at radius 1 is 1.67 bits per heavy atom. The molecule has 82 valence electrons. The van der Waals surface area contributed by atoms with Crippen LogP contribution in [0.2, 0.25) is 0 Å². The van der Waals surface area contributed by atoms with Crippen LogP contribution in [0.3, 0.4) is 0 Å². The summed E-state index contributed by atoms with van der Waals surface area (Å²) in [6.07, 6.45) is 3.43. The minimum absolute atomic E-state index is 0.0972. The largest absolute Gasteiger partial charge is 0.349 e. The van der Waals surface area contributed by atoms with E-state index in [1.54, 1.807) is 12.4 Å². The maximum absolute atomic E-state index is 11.8. The smallest absolute Gasteiger partial charge is 0.225 e. The number of carbonyl (C=O) groups is 1. The van der Waals surface area contributed by atoms with Gasteiger partial charge >= 0.3 is 0 Å². The lowest BCUT2D eigenvalue weighted by atomic mass is 9.97. The van der Waals surface area contributed by atoms with Gasteiger partial charge in [0.05, 0.1) is 12.5 Å². The van der Waals surface area contributed by atoms with Gasteiger partial charge in [-0.3, -0.25) is 4.79 Å². The molecule has 5 heteroatoms. The average Bonchev–Trinajstić information content (AvgIpc) is 2.84. The molecule has 1 fully saturated rings. The quantitative estimate of drug-likeness (QED) is 0.648. The van der Waals surface area contributed by atoms with E-state index in [4.69, 9.17) is 0 Å². The van der Waals surface area contributed by atoms with Crippen molar-refractivity contribution >= 4 is 5.91 Å². The van der Waals surface area contributed by atoms with E-state index in [1.807, 2.05) is 0 Å². The molecule has 2 heterocycles. The number of rotatable bonds is 3. The van der Waals surface area contributed by atoms with E-state index in [0.29, 0.717) is 12.5 Å². The van der Waals surface area contributed by atoms with Crippen LogP contribution in [0, 0.1) is 11.8 Å². The first-order valence-electron chi connectivity index (χ1n) is 5.24. The van der Waals surface area contributed by atoms with Gasteiger partial charge in [0.1, 0.15) is 5.82 Å². The molecule has 0 radical (unpaired) electrons. The summed E-state index contributed by atoms with van der Waals surface area (Å²) in [6.45, 7) is 4.29. The van der Waals surface area contributed by atoms with Crippen LogP contribution < -0.4 is 10.6 Å². The van der Waals surface area contributed by atoms with Gasteiger partial charge in [0.15, 0.2) is 0 Å². The highest BCUT2D eigenvalue weighted by molar-refractivity contribution is 5.79. The lowest BCUT2D eigenvalue weighted by molar-refractivity contribution is -0.125. The third-order valence-corrected chi connectivity index (χ3v) is 2.84. The molecule has 2 rings (SSSR count). The van der Waals surface area contributed by atoms with E-state index in [-0.39, 0.29) is 11.8 Å². The second-order valence-electron chi connectivity index (χ2n) is 4.00. The number of amides is 1. The first kappa shape index (κ1) is 10.2. The summed E-state index contributed by atoms with van der Waals surface area (Å²) < 4.78 is 0. The molecule has 5 nitrogen and oxygen atoms in total. The highest BCUT2D eigenvalue weighted by Gasteiger charge is 2.29. The van der Waals surface area contributed by atoms with Crippen LogP contribution in [0.25, 0.3) is 0 Å². The number of aromatic nitrogens is 2. The van der Waals surface area contributed by atoms with Gasteiger partial charge in [0, 0.05) is 18.9 Å². The van der Waals surface area contributed by atoms with Gasteiger partial charge in [-0.05, 0) is 12.5 Å². The molecule has 0 bridgehead atoms. The van der Waals surface area contributed by atoms with E-state index >= 15 is 0 Å². The summed E-state index contributed by atoms with van der Waals surface area (Å²) in [4.78, 5) is 18.8. The topological polar surface area (TPSA) is 69.8 Å². The van der Waals surface area contributed by atoms with Gasteiger partial charge in [-0.2, -0.15) is 0 Å². The first-order chi connectivity index (χ1) is 7.27. The number of hydrogen-bond acceptors (Lipinski definition) is 3. The lowest BCUT2D eigenvalue weighted by Gasteiger charge is -2.13. The van der Waals surface area contributed by atoms with E-state index in [9.17, 15) is 4.79 Å². The van der Waals surface area contributed by atoms with E-state index in [0.717, 1.165) is 18.9 Å². The molecular weight excluding hydrogens is 192 g/mol. The predicted octanol–water partition coefficient (Wildman–Crippen LogP) is -0.119. The van der Waals surface area contributed by atoms with Crippen LogP contribution in [0.15, 0.2) is 12.4 Å². The molecule has 1 aromatic rings. The van der Waals surface area contributed by atoms with Crippen LogP contribution in [0.4, 0.5) is 0 Å². The molecule has 1 saturated heterocycles. The summed E-state index contributed by atoms with van der Waals surface area (Å²) in [5.41, 5.74) is 0. The van der Waals surface area contributed by atoms with Gasteiger partial charge in [0.25, 0.3) is 0 Å². The van der Waals surface area contributed by atoms with Crippen LogP contribution in [0.5, 0.6) is 0 Å². The Labute approximate surface area is 88.7 Å². The van der Waals surface area contributed by atoms with Crippen molar-refractivity contribution in [3.05, 3.63) is 18.2 Å². The van der Waals surface area contributed by atoms with E-state index < -0.39 is 0 Å². The second-order valence-corrected chi connectivity index (χ2v) is 4.00. The lowest BCUT2D eigenvalue weighted by Crippen LogP contribution is -2.34. The van der Waals surface area contributed by atoms with Gasteiger partial charge in [-0.25, -0.2) is 4.98 Å².